The van der Waals surface area contributed by atoms with Crippen LogP contribution in [0.3, 0.4) is 0 Å². The number of benzene rings is 1. The summed E-state index contributed by atoms with van der Waals surface area (Å²) in [4.78, 5) is 9.92. The van der Waals surface area contributed by atoms with Crippen LogP contribution in [0.2, 0.25) is 5.02 Å². The number of hydrogen-bond acceptors (Lipinski definition) is 4. The summed E-state index contributed by atoms with van der Waals surface area (Å²) in [6.07, 6.45) is -0.811. The number of halogens is 1. The number of nitro groups is 1. The summed E-state index contributed by atoms with van der Waals surface area (Å²) in [6, 6.07) is 4.35. The maximum absolute atomic E-state index is 10.5. The molecule has 2 N–H and O–H groups in total. The summed E-state index contributed by atoms with van der Waals surface area (Å²) in [5.41, 5.74) is 0.160. The first kappa shape index (κ1) is 10.7. The predicted molar refractivity (Wildman–Crippen MR) is 53.4 cm³/mol. The van der Waals surface area contributed by atoms with Crippen LogP contribution >= 0.6 is 11.6 Å². The summed E-state index contributed by atoms with van der Waals surface area (Å²) in [7, 11) is 0. The maximum Gasteiger partial charge on any atom is 0.289 e. The highest BCUT2D eigenvalue weighted by Gasteiger charge is 2.15. The van der Waals surface area contributed by atoms with Crippen LogP contribution in [0, 0.1) is 10.1 Å². The number of nitrogens with zero attached hydrogens (tertiary/aromatic N) is 1. The molecule has 0 bridgehead atoms. The topological polar surface area (TPSA) is 75.4 Å². The van der Waals surface area contributed by atoms with Crippen molar-refractivity contribution in [2.45, 2.75) is 13.2 Å². The average molecular weight is 217 g/mol. The van der Waals surface area contributed by atoms with Gasteiger partial charge in [0.2, 0.25) is 0 Å². The molecule has 0 saturated heterocycles. The van der Waals surface area contributed by atoms with Crippen LogP contribution in [-0.2, 0) is 0 Å². The molecule has 0 aliphatic rings. The molecule has 1 atom stereocenters. The Labute approximate surface area is 85.5 Å². The van der Waals surface area contributed by atoms with Crippen molar-refractivity contribution in [3.8, 4) is 0 Å². The largest absolute Gasteiger partial charge is 0.374 e. The van der Waals surface area contributed by atoms with Crippen LogP contribution in [-0.4, -0.2) is 16.3 Å². The fourth-order valence-electron chi connectivity index (χ4n) is 0.997. The molecule has 1 rings (SSSR count). The van der Waals surface area contributed by atoms with Gasteiger partial charge in [0.1, 0.15) is 11.3 Å². The molecule has 1 unspecified atom stereocenters. The van der Waals surface area contributed by atoms with E-state index in [1.54, 1.807) is 6.07 Å². The predicted octanol–water partition coefficient (Wildman–Crippen LogP) is 2.00. The van der Waals surface area contributed by atoms with E-state index in [2.05, 4.69) is 5.32 Å². The van der Waals surface area contributed by atoms with Gasteiger partial charge in [-0.25, -0.2) is 0 Å². The maximum atomic E-state index is 10.5. The Morgan fingerprint density at radius 3 is 2.79 bits per heavy atom. The molecular formula is C8H9ClN2O3. The van der Waals surface area contributed by atoms with Gasteiger partial charge >= 0.3 is 0 Å². The van der Waals surface area contributed by atoms with E-state index >= 15 is 0 Å². The number of hydrogen-bond donors (Lipinski definition) is 2. The van der Waals surface area contributed by atoms with Gasteiger partial charge in [-0.05, 0) is 13.0 Å². The van der Waals surface area contributed by atoms with E-state index in [0.717, 1.165) is 0 Å². The monoisotopic (exact) mass is 216 g/mol. The standard InChI is InChI=1S/C8H9ClN2O3/c1-5(12)10-6-3-2-4-7(8(6)9)11(13)14/h2-5,10,12H,1H3. The van der Waals surface area contributed by atoms with E-state index in [0.29, 0.717) is 5.69 Å². The van der Waals surface area contributed by atoms with Crippen molar-refractivity contribution in [1.82, 2.24) is 0 Å². The highest BCUT2D eigenvalue weighted by atomic mass is 35.5. The Kier molecular flexibility index (Phi) is 3.27. The molecular weight excluding hydrogens is 208 g/mol. The molecule has 0 fully saturated rings. The molecule has 0 spiro atoms. The molecule has 0 radical (unpaired) electrons. The van der Waals surface area contributed by atoms with Gasteiger partial charge in [-0.3, -0.25) is 10.1 Å². The number of nitrogens with one attached hydrogen (secondary N) is 1. The zero-order valence-electron chi connectivity index (χ0n) is 7.40. The second-order valence-electron chi connectivity index (χ2n) is 2.72. The number of rotatable bonds is 3. The SMILES string of the molecule is CC(O)Nc1cccc([N+](=O)[O-])c1Cl. The summed E-state index contributed by atoms with van der Waals surface area (Å²) in [5, 5.41) is 22.1. The molecule has 1 aromatic carbocycles. The van der Waals surface area contributed by atoms with Crippen molar-refractivity contribution in [3.05, 3.63) is 33.3 Å². The summed E-state index contributed by atoms with van der Waals surface area (Å²) >= 11 is 5.73. The summed E-state index contributed by atoms with van der Waals surface area (Å²) in [6.45, 7) is 1.50. The van der Waals surface area contributed by atoms with E-state index in [4.69, 9.17) is 16.7 Å². The summed E-state index contributed by atoms with van der Waals surface area (Å²) in [5.74, 6) is 0. The minimum Gasteiger partial charge on any atom is -0.374 e. The zero-order chi connectivity index (χ0) is 10.7. The molecule has 0 aliphatic carbocycles. The molecule has 76 valence electrons. The van der Waals surface area contributed by atoms with Gasteiger partial charge in [0.05, 0.1) is 10.6 Å². The zero-order valence-corrected chi connectivity index (χ0v) is 8.15. The molecule has 0 aliphatic heterocycles. The van der Waals surface area contributed by atoms with Gasteiger partial charge < -0.3 is 10.4 Å². The minimum atomic E-state index is -0.811. The van der Waals surface area contributed by atoms with Crippen molar-refractivity contribution >= 4 is 23.0 Å². The van der Waals surface area contributed by atoms with Crippen molar-refractivity contribution < 1.29 is 10.0 Å². The van der Waals surface area contributed by atoms with Crippen LogP contribution in [0.5, 0.6) is 0 Å². The number of aliphatic hydroxyl groups is 1. The Morgan fingerprint density at radius 1 is 1.64 bits per heavy atom. The third-order valence-corrected chi connectivity index (χ3v) is 1.94. The Bertz CT molecular complexity index is 354. The Balaban J connectivity index is 3.07. The van der Waals surface area contributed by atoms with E-state index in [1.807, 2.05) is 0 Å². The number of anilines is 1. The number of nitro benzene ring substituents is 1. The molecule has 0 saturated carbocycles. The third kappa shape index (κ3) is 2.34. The molecule has 6 heteroatoms. The quantitative estimate of drug-likeness (QED) is 0.460. The second-order valence-corrected chi connectivity index (χ2v) is 3.09. The van der Waals surface area contributed by atoms with Crippen LogP contribution in [0.4, 0.5) is 11.4 Å². The van der Waals surface area contributed by atoms with Gasteiger partial charge in [-0.1, -0.05) is 17.7 Å². The third-order valence-electron chi connectivity index (χ3n) is 1.54. The number of aliphatic hydroxyl groups excluding tert-OH is 1. The van der Waals surface area contributed by atoms with E-state index < -0.39 is 11.2 Å². The highest BCUT2D eigenvalue weighted by Crippen LogP contribution is 2.31. The van der Waals surface area contributed by atoms with Crippen LogP contribution < -0.4 is 5.32 Å². The fourth-order valence-corrected chi connectivity index (χ4v) is 1.25. The van der Waals surface area contributed by atoms with Crippen molar-refractivity contribution in [3.63, 3.8) is 0 Å². The molecule has 1 aromatic rings. The fraction of sp³-hybridized carbons (Fsp3) is 0.250. The Morgan fingerprint density at radius 2 is 2.29 bits per heavy atom. The molecule has 0 amide bonds. The molecule has 0 heterocycles. The van der Waals surface area contributed by atoms with Crippen molar-refractivity contribution in [1.29, 1.82) is 0 Å². The lowest BCUT2D eigenvalue weighted by Gasteiger charge is -2.10. The first-order chi connectivity index (χ1) is 6.52. The molecule has 5 nitrogen and oxygen atoms in total. The lowest BCUT2D eigenvalue weighted by molar-refractivity contribution is -0.384. The van der Waals surface area contributed by atoms with Crippen LogP contribution in [0.1, 0.15) is 6.92 Å². The lowest BCUT2D eigenvalue weighted by atomic mass is 10.3. The van der Waals surface area contributed by atoms with Gasteiger partial charge in [-0.2, -0.15) is 0 Å². The molecule has 14 heavy (non-hydrogen) atoms. The van der Waals surface area contributed by atoms with Gasteiger partial charge in [-0.15, -0.1) is 0 Å². The van der Waals surface area contributed by atoms with Gasteiger partial charge in [0.15, 0.2) is 0 Å². The van der Waals surface area contributed by atoms with Gasteiger partial charge in [0, 0.05) is 6.07 Å². The first-order valence-corrected chi connectivity index (χ1v) is 4.27. The van der Waals surface area contributed by atoms with Gasteiger partial charge in [0.25, 0.3) is 5.69 Å². The average Bonchev–Trinajstić information content (AvgIpc) is 2.07. The van der Waals surface area contributed by atoms with E-state index in [-0.39, 0.29) is 10.7 Å². The second kappa shape index (κ2) is 4.26. The smallest absolute Gasteiger partial charge is 0.289 e. The Hall–Kier alpha value is -1.33. The molecule has 0 aromatic heterocycles. The normalized spacial score (nSPS) is 12.2. The van der Waals surface area contributed by atoms with E-state index in [1.165, 1.54) is 19.1 Å². The lowest BCUT2D eigenvalue weighted by Crippen LogP contribution is -2.13. The first-order valence-electron chi connectivity index (χ1n) is 3.90. The van der Waals surface area contributed by atoms with E-state index in [9.17, 15) is 10.1 Å². The van der Waals surface area contributed by atoms with Crippen molar-refractivity contribution in [2.75, 3.05) is 5.32 Å². The van der Waals surface area contributed by atoms with Crippen LogP contribution in [0.15, 0.2) is 18.2 Å². The highest BCUT2D eigenvalue weighted by molar-refractivity contribution is 6.35. The summed E-state index contributed by atoms with van der Waals surface area (Å²) < 4.78 is 0. The van der Waals surface area contributed by atoms with Crippen molar-refractivity contribution in [2.24, 2.45) is 0 Å². The minimum absolute atomic E-state index is 0.00148. The van der Waals surface area contributed by atoms with Crippen LogP contribution in [0.25, 0.3) is 0 Å².